The number of unbranched alkanes of at least 4 members (excludes halogenated alkanes) is 7. The highest BCUT2D eigenvalue weighted by molar-refractivity contribution is 7.75. The molecular weight excluding hydrogens is 284 g/mol. The Morgan fingerprint density at radius 1 is 0.810 bits per heavy atom. The van der Waals surface area contributed by atoms with Crippen LogP contribution in [0.4, 0.5) is 0 Å². The minimum absolute atomic E-state index is 0.510. The van der Waals surface area contributed by atoms with Gasteiger partial charge in [0.15, 0.2) is 0 Å². The molecule has 0 aliphatic carbocycles. The van der Waals surface area contributed by atoms with Crippen molar-refractivity contribution in [2.75, 3.05) is 13.2 Å². The molecule has 4 heteroatoms. The van der Waals surface area contributed by atoms with E-state index in [1.165, 1.54) is 44.9 Å². The molecular formula is C17H36O3S. The van der Waals surface area contributed by atoms with E-state index in [9.17, 15) is 4.21 Å². The third-order valence-corrected chi connectivity index (χ3v) is 4.56. The SMILES string of the molecule is CCCCCCCCCOS(=O)OCC(CC)CCCC. The van der Waals surface area contributed by atoms with E-state index in [0.717, 1.165) is 25.7 Å². The van der Waals surface area contributed by atoms with E-state index in [1.54, 1.807) is 0 Å². The molecule has 0 saturated carbocycles. The lowest BCUT2D eigenvalue weighted by molar-refractivity contribution is 0.205. The fourth-order valence-electron chi connectivity index (χ4n) is 2.27. The second-order valence-electron chi connectivity index (χ2n) is 5.85. The van der Waals surface area contributed by atoms with Gasteiger partial charge in [-0.1, -0.05) is 78.6 Å². The molecule has 128 valence electrons. The molecule has 0 aromatic heterocycles. The van der Waals surface area contributed by atoms with Crippen LogP contribution in [0, 0.1) is 5.92 Å². The van der Waals surface area contributed by atoms with Gasteiger partial charge in [-0.05, 0) is 18.8 Å². The summed E-state index contributed by atoms with van der Waals surface area (Å²) < 4.78 is 22.1. The summed E-state index contributed by atoms with van der Waals surface area (Å²) in [5, 5.41) is 0. The predicted octanol–water partition coefficient (Wildman–Crippen LogP) is 5.57. The lowest BCUT2D eigenvalue weighted by atomic mass is 10.0. The van der Waals surface area contributed by atoms with Crippen LogP contribution in [0.3, 0.4) is 0 Å². The van der Waals surface area contributed by atoms with Gasteiger partial charge in [-0.25, -0.2) is 0 Å². The molecule has 0 bridgehead atoms. The maximum absolute atomic E-state index is 11.6. The second-order valence-corrected chi connectivity index (χ2v) is 6.73. The highest BCUT2D eigenvalue weighted by atomic mass is 32.2. The standard InChI is InChI=1S/C17H36O3S/c1-4-7-9-10-11-12-13-15-19-21(18)20-16-17(6-3)14-8-5-2/h17H,4-16H2,1-3H3. The van der Waals surface area contributed by atoms with E-state index in [1.807, 2.05) is 0 Å². The molecule has 0 aliphatic rings. The van der Waals surface area contributed by atoms with Gasteiger partial charge in [-0.3, -0.25) is 8.37 Å². The van der Waals surface area contributed by atoms with E-state index in [4.69, 9.17) is 8.37 Å². The molecule has 0 aliphatic heterocycles. The molecule has 0 aromatic carbocycles. The Hall–Kier alpha value is 0.0700. The fraction of sp³-hybridized carbons (Fsp3) is 1.00. The molecule has 0 fully saturated rings. The Bertz CT molecular complexity index is 234. The van der Waals surface area contributed by atoms with Crippen LogP contribution in [0.25, 0.3) is 0 Å². The predicted molar refractivity (Wildman–Crippen MR) is 91.3 cm³/mol. The fourth-order valence-corrected chi connectivity index (χ4v) is 2.90. The lowest BCUT2D eigenvalue weighted by Gasteiger charge is -2.13. The molecule has 0 heterocycles. The monoisotopic (exact) mass is 320 g/mol. The average molecular weight is 321 g/mol. The van der Waals surface area contributed by atoms with Crippen LogP contribution in [0.15, 0.2) is 0 Å². The van der Waals surface area contributed by atoms with Gasteiger partial charge in [0.1, 0.15) is 0 Å². The van der Waals surface area contributed by atoms with Crippen LogP contribution in [0.5, 0.6) is 0 Å². The quantitative estimate of drug-likeness (QED) is 0.349. The maximum atomic E-state index is 11.6. The van der Waals surface area contributed by atoms with Crippen molar-refractivity contribution in [1.82, 2.24) is 0 Å². The summed E-state index contributed by atoms with van der Waals surface area (Å²) in [5.41, 5.74) is 0. The molecule has 0 rings (SSSR count). The van der Waals surface area contributed by atoms with Crippen LogP contribution in [-0.2, 0) is 19.7 Å². The number of rotatable bonds is 16. The third-order valence-electron chi connectivity index (χ3n) is 3.87. The van der Waals surface area contributed by atoms with Crippen molar-refractivity contribution in [3.05, 3.63) is 0 Å². The minimum Gasteiger partial charge on any atom is -0.268 e. The zero-order valence-corrected chi connectivity index (χ0v) is 15.2. The van der Waals surface area contributed by atoms with Gasteiger partial charge >= 0.3 is 11.4 Å². The van der Waals surface area contributed by atoms with Gasteiger partial charge < -0.3 is 0 Å². The largest absolute Gasteiger partial charge is 0.304 e. The smallest absolute Gasteiger partial charge is 0.268 e. The van der Waals surface area contributed by atoms with Gasteiger partial charge in [0.25, 0.3) is 0 Å². The van der Waals surface area contributed by atoms with Gasteiger partial charge in [-0.15, -0.1) is 0 Å². The van der Waals surface area contributed by atoms with Crippen LogP contribution < -0.4 is 0 Å². The molecule has 0 radical (unpaired) electrons. The van der Waals surface area contributed by atoms with Crippen molar-refractivity contribution in [2.45, 2.75) is 91.4 Å². The summed E-state index contributed by atoms with van der Waals surface area (Å²) in [6, 6.07) is 0. The summed E-state index contributed by atoms with van der Waals surface area (Å²) in [5.74, 6) is 0.510. The van der Waals surface area contributed by atoms with Crippen molar-refractivity contribution in [3.63, 3.8) is 0 Å². The molecule has 0 saturated heterocycles. The van der Waals surface area contributed by atoms with Crippen molar-refractivity contribution in [3.8, 4) is 0 Å². The van der Waals surface area contributed by atoms with Crippen molar-refractivity contribution < 1.29 is 12.6 Å². The number of hydrogen-bond acceptors (Lipinski definition) is 3. The zero-order chi connectivity index (χ0) is 15.8. The minimum atomic E-state index is -1.56. The third kappa shape index (κ3) is 14.8. The first kappa shape index (κ1) is 21.1. The Morgan fingerprint density at radius 3 is 2.05 bits per heavy atom. The van der Waals surface area contributed by atoms with Gasteiger partial charge in [0.05, 0.1) is 13.2 Å². The summed E-state index contributed by atoms with van der Waals surface area (Å²) in [7, 11) is 0. The van der Waals surface area contributed by atoms with E-state index < -0.39 is 11.4 Å². The summed E-state index contributed by atoms with van der Waals surface area (Å²) in [6.07, 6.45) is 13.3. The normalized spacial score (nSPS) is 14.2. The molecule has 0 amide bonds. The van der Waals surface area contributed by atoms with E-state index in [2.05, 4.69) is 20.8 Å². The van der Waals surface area contributed by atoms with Crippen LogP contribution in [0.2, 0.25) is 0 Å². The molecule has 0 aromatic rings. The Balaban J connectivity index is 3.40. The van der Waals surface area contributed by atoms with Crippen molar-refractivity contribution in [2.24, 2.45) is 5.92 Å². The Morgan fingerprint density at radius 2 is 1.43 bits per heavy atom. The highest BCUT2D eigenvalue weighted by Crippen LogP contribution is 2.13. The van der Waals surface area contributed by atoms with Gasteiger partial charge in [-0.2, -0.15) is 4.21 Å². The van der Waals surface area contributed by atoms with Crippen LogP contribution in [0.1, 0.15) is 91.4 Å². The van der Waals surface area contributed by atoms with Crippen molar-refractivity contribution in [1.29, 1.82) is 0 Å². The molecule has 21 heavy (non-hydrogen) atoms. The zero-order valence-electron chi connectivity index (χ0n) is 14.4. The Kier molecular flexibility index (Phi) is 16.5. The summed E-state index contributed by atoms with van der Waals surface area (Å²) >= 11 is -1.56. The van der Waals surface area contributed by atoms with E-state index in [0.29, 0.717) is 19.1 Å². The van der Waals surface area contributed by atoms with Gasteiger partial charge in [0, 0.05) is 0 Å². The summed E-state index contributed by atoms with van der Waals surface area (Å²) in [6.45, 7) is 7.68. The van der Waals surface area contributed by atoms with Crippen LogP contribution >= 0.6 is 0 Å². The molecule has 3 nitrogen and oxygen atoms in total. The van der Waals surface area contributed by atoms with E-state index >= 15 is 0 Å². The first-order chi connectivity index (χ1) is 10.2. The molecule has 2 unspecified atom stereocenters. The highest BCUT2D eigenvalue weighted by Gasteiger charge is 2.09. The van der Waals surface area contributed by atoms with Crippen molar-refractivity contribution >= 4 is 11.4 Å². The first-order valence-electron chi connectivity index (χ1n) is 8.92. The molecule has 2 atom stereocenters. The average Bonchev–Trinajstić information content (AvgIpc) is 2.50. The number of hydrogen-bond donors (Lipinski definition) is 0. The second kappa shape index (κ2) is 16.4. The molecule has 0 N–H and O–H groups in total. The maximum Gasteiger partial charge on any atom is 0.304 e. The van der Waals surface area contributed by atoms with E-state index in [-0.39, 0.29) is 0 Å². The van der Waals surface area contributed by atoms with Gasteiger partial charge in [0.2, 0.25) is 0 Å². The van der Waals surface area contributed by atoms with Crippen LogP contribution in [-0.4, -0.2) is 17.4 Å². The first-order valence-corrected chi connectivity index (χ1v) is 9.92. The lowest BCUT2D eigenvalue weighted by Crippen LogP contribution is -2.12. The Labute approximate surface area is 135 Å². The topological polar surface area (TPSA) is 35.5 Å². The summed E-state index contributed by atoms with van der Waals surface area (Å²) in [4.78, 5) is 0. The molecule has 0 spiro atoms.